The lowest BCUT2D eigenvalue weighted by atomic mass is 10.0. The van der Waals surface area contributed by atoms with Gasteiger partial charge in [0, 0.05) is 17.1 Å². The lowest BCUT2D eigenvalue weighted by Gasteiger charge is -2.08. The molecule has 1 unspecified atom stereocenters. The molecular weight excluding hydrogens is 224 g/mol. The van der Waals surface area contributed by atoms with Crippen LogP contribution in [0.2, 0.25) is 5.02 Å². The van der Waals surface area contributed by atoms with Gasteiger partial charge in [0.15, 0.2) is 0 Å². The Morgan fingerprint density at radius 3 is 3.00 bits per heavy atom. The van der Waals surface area contributed by atoms with Crippen LogP contribution in [0.4, 0.5) is 0 Å². The molecule has 0 aliphatic carbocycles. The molecule has 0 radical (unpaired) electrons. The van der Waals surface area contributed by atoms with Gasteiger partial charge in [-0.25, -0.2) is 0 Å². The molecule has 1 atom stereocenters. The van der Waals surface area contributed by atoms with Crippen LogP contribution in [-0.2, 0) is 6.42 Å². The van der Waals surface area contributed by atoms with Crippen LogP contribution in [0.1, 0.15) is 5.56 Å². The average molecular weight is 237 g/mol. The van der Waals surface area contributed by atoms with Crippen molar-refractivity contribution in [3.8, 4) is 0 Å². The van der Waals surface area contributed by atoms with E-state index in [0.717, 1.165) is 16.5 Å². The summed E-state index contributed by atoms with van der Waals surface area (Å²) in [6.45, 7) is 3.43. The van der Waals surface area contributed by atoms with Gasteiger partial charge >= 0.3 is 0 Å². The summed E-state index contributed by atoms with van der Waals surface area (Å²) >= 11 is 6.12. The van der Waals surface area contributed by atoms with Gasteiger partial charge in [-0.1, -0.05) is 24.2 Å². The molecule has 4 heteroatoms. The third-order valence-corrected chi connectivity index (χ3v) is 2.92. The first-order chi connectivity index (χ1) is 7.59. The molecule has 3 nitrogen and oxygen atoms in total. The lowest BCUT2D eigenvalue weighted by Crippen LogP contribution is -2.24. The van der Waals surface area contributed by atoms with Crippen LogP contribution in [0.5, 0.6) is 0 Å². The molecule has 16 heavy (non-hydrogen) atoms. The molecule has 1 aromatic carbocycles. The van der Waals surface area contributed by atoms with E-state index in [4.69, 9.17) is 17.3 Å². The molecule has 4 N–H and O–H groups in total. The van der Waals surface area contributed by atoms with Crippen molar-refractivity contribution in [3.05, 3.63) is 47.3 Å². The monoisotopic (exact) mass is 236 g/mol. The van der Waals surface area contributed by atoms with Crippen LogP contribution < -0.4 is 5.73 Å². The Bertz CT molecular complexity index is 533. The molecule has 1 heterocycles. The Balaban J connectivity index is 2.42. The molecule has 0 saturated carbocycles. The zero-order chi connectivity index (χ0) is 11.7. The van der Waals surface area contributed by atoms with E-state index in [1.165, 1.54) is 0 Å². The molecule has 0 fully saturated rings. The topological polar surface area (TPSA) is 62.0 Å². The maximum absolute atomic E-state index is 9.20. The zero-order valence-electron chi connectivity index (χ0n) is 8.70. The van der Waals surface area contributed by atoms with Crippen LogP contribution in [0.25, 0.3) is 10.9 Å². The normalized spacial score (nSPS) is 12.9. The van der Waals surface area contributed by atoms with E-state index in [2.05, 4.69) is 11.6 Å². The van der Waals surface area contributed by atoms with Crippen molar-refractivity contribution in [2.45, 2.75) is 12.5 Å². The van der Waals surface area contributed by atoms with E-state index in [9.17, 15) is 5.11 Å². The minimum atomic E-state index is -0.463. The highest BCUT2D eigenvalue weighted by molar-refractivity contribution is 6.35. The number of H-pyrrole nitrogens is 1. The minimum Gasteiger partial charge on any atom is -0.511 e. The average Bonchev–Trinajstić information content (AvgIpc) is 2.63. The maximum atomic E-state index is 9.20. The van der Waals surface area contributed by atoms with Gasteiger partial charge in [-0.05, 0) is 24.1 Å². The summed E-state index contributed by atoms with van der Waals surface area (Å²) in [7, 11) is 0. The number of rotatable bonds is 3. The van der Waals surface area contributed by atoms with Crippen molar-refractivity contribution >= 4 is 22.5 Å². The number of benzene rings is 1. The van der Waals surface area contributed by atoms with E-state index in [-0.39, 0.29) is 5.76 Å². The molecule has 84 valence electrons. The number of aliphatic hydroxyl groups excluding tert-OH is 1. The fourth-order valence-corrected chi connectivity index (χ4v) is 2.02. The number of nitrogens with two attached hydrogens (primary N) is 1. The zero-order valence-corrected chi connectivity index (χ0v) is 9.46. The second-order valence-corrected chi connectivity index (χ2v) is 4.19. The number of aliphatic hydroxyl groups is 1. The SMILES string of the molecule is C=C(O)C(N)Cc1c[nH]c2cccc(Cl)c12. The molecule has 0 saturated heterocycles. The number of hydrogen-bond donors (Lipinski definition) is 3. The van der Waals surface area contributed by atoms with E-state index in [1.54, 1.807) is 0 Å². The Morgan fingerprint density at radius 2 is 2.31 bits per heavy atom. The second-order valence-electron chi connectivity index (χ2n) is 3.78. The van der Waals surface area contributed by atoms with Crippen molar-refractivity contribution in [2.24, 2.45) is 5.73 Å². The maximum Gasteiger partial charge on any atom is 0.102 e. The number of nitrogens with one attached hydrogen (secondary N) is 1. The summed E-state index contributed by atoms with van der Waals surface area (Å²) in [4.78, 5) is 3.12. The van der Waals surface area contributed by atoms with Gasteiger partial charge in [0.05, 0.1) is 11.1 Å². The third-order valence-electron chi connectivity index (χ3n) is 2.60. The Hall–Kier alpha value is -1.45. The standard InChI is InChI=1S/C12H13ClN2O/c1-7(16)10(14)5-8-6-15-11-4-2-3-9(13)12(8)11/h2-4,6,10,15-16H,1,5,14H2. The minimum absolute atomic E-state index is 0.0126. The first kappa shape index (κ1) is 11.0. The van der Waals surface area contributed by atoms with Gasteiger partial charge < -0.3 is 15.8 Å². The largest absolute Gasteiger partial charge is 0.511 e. The van der Waals surface area contributed by atoms with Crippen LogP contribution in [0.3, 0.4) is 0 Å². The molecular formula is C12H13ClN2O. The molecule has 0 aliphatic heterocycles. The van der Waals surface area contributed by atoms with Crippen molar-refractivity contribution in [1.82, 2.24) is 4.98 Å². The van der Waals surface area contributed by atoms with Crippen molar-refractivity contribution in [1.29, 1.82) is 0 Å². The van der Waals surface area contributed by atoms with Gasteiger partial charge in [-0.3, -0.25) is 0 Å². The molecule has 2 aromatic rings. The van der Waals surface area contributed by atoms with Crippen LogP contribution in [-0.4, -0.2) is 16.1 Å². The number of fused-ring (bicyclic) bond motifs is 1. The highest BCUT2D eigenvalue weighted by Crippen LogP contribution is 2.27. The van der Waals surface area contributed by atoms with Gasteiger partial charge in [0.25, 0.3) is 0 Å². The molecule has 0 spiro atoms. The number of halogens is 1. The fourth-order valence-electron chi connectivity index (χ4n) is 1.72. The van der Waals surface area contributed by atoms with Gasteiger partial charge in [0.2, 0.25) is 0 Å². The predicted molar refractivity (Wildman–Crippen MR) is 66.8 cm³/mol. The first-order valence-electron chi connectivity index (χ1n) is 4.97. The second kappa shape index (κ2) is 4.20. The Labute approximate surface area is 98.5 Å². The summed E-state index contributed by atoms with van der Waals surface area (Å²) in [5.41, 5.74) is 7.70. The van der Waals surface area contributed by atoms with Gasteiger partial charge in [-0.2, -0.15) is 0 Å². The quantitative estimate of drug-likeness (QED) is 0.718. The predicted octanol–water partition coefficient (Wildman–Crippen LogP) is 2.76. The summed E-state index contributed by atoms with van der Waals surface area (Å²) in [6.07, 6.45) is 2.37. The first-order valence-corrected chi connectivity index (χ1v) is 5.35. The molecule has 2 rings (SSSR count). The molecule has 0 bridgehead atoms. The summed E-state index contributed by atoms with van der Waals surface area (Å²) in [5.74, 6) is -0.0126. The highest BCUT2D eigenvalue weighted by Gasteiger charge is 2.12. The molecule has 0 aliphatic rings. The van der Waals surface area contributed by atoms with E-state index >= 15 is 0 Å². The third kappa shape index (κ3) is 1.92. The van der Waals surface area contributed by atoms with Crippen molar-refractivity contribution in [2.75, 3.05) is 0 Å². The lowest BCUT2D eigenvalue weighted by molar-refractivity contribution is 0.369. The number of aromatic nitrogens is 1. The fraction of sp³-hybridized carbons (Fsp3) is 0.167. The number of hydrogen-bond acceptors (Lipinski definition) is 2. The smallest absolute Gasteiger partial charge is 0.102 e. The highest BCUT2D eigenvalue weighted by atomic mass is 35.5. The Kier molecular flexibility index (Phi) is 2.90. The summed E-state index contributed by atoms with van der Waals surface area (Å²) < 4.78 is 0. The van der Waals surface area contributed by atoms with Gasteiger partial charge in [-0.15, -0.1) is 0 Å². The van der Waals surface area contributed by atoms with E-state index < -0.39 is 6.04 Å². The Morgan fingerprint density at radius 1 is 1.56 bits per heavy atom. The summed E-state index contributed by atoms with van der Waals surface area (Å²) in [6, 6.07) is 5.20. The van der Waals surface area contributed by atoms with Crippen LogP contribution in [0, 0.1) is 0 Å². The molecule has 0 amide bonds. The van der Waals surface area contributed by atoms with Gasteiger partial charge in [0.1, 0.15) is 5.76 Å². The van der Waals surface area contributed by atoms with Crippen LogP contribution >= 0.6 is 11.6 Å². The van der Waals surface area contributed by atoms with Crippen molar-refractivity contribution in [3.63, 3.8) is 0 Å². The van der Waals surface area contributed by atoms with Crippen LogP contribution in [0.15, 0.2) is 36.7 Å². The van der Waals surface area contributed by atoms with Crippen molar-refractivity contribution < 1.29 is 5.11 Å². The summed E-state index contributed by atoms with van der Waals surface area (Å²) in [5, 5.41) is 10.8. The number of aromatic amines is 1. The van der Waals surface area contributed by atoms with E-state index in [0.29, 0.717) is 11.4 Å². The molecule has 1 aromatic heterocycles. The van der Waals surface area contributed by atoms with E-state index in [1.807, 2.05) is 24.4 Å².